The van der Waals surface area contributed by atoms with Crippen LogP contribution in [0.25, 0.3) is 0 Å². The number of fused-ring (bicyclic) bond motifs is 1. The molecule has 0 aromatic carbocycles. The van der Waals surface area contributed by atoms with Crippen molar-refractivity contribution in [3.8, 4) is 0 Å². The van der Waals surface area contributed by atoms with E-state index < -0.39 is 5.97 Å². The molecule has 4 nitrogen and oxygen atoms in total. The maximum atomic E-state index is 11.8. The highest BCUT2D eigenvalue weighted by molar-refractivity contribution is 5.76. The van der Waals surface area contributed by atoms with Gasteiger partial charge in [-0.25, -0.2) is 0 Å². The molecule has 0 spiro atoms. The van der Waals surface area contributed by atoms with Crippen molar-refractivity contribution in [3.05, 3.63) is 0 Å². The number of carboxylic acids is 1. The molecule has 1 heterocycles. The fourth-order valence-electron chi connectivity index (χ4n) is 4.96. The summed E-state index contributed by atoms with van der Waals surface area (Å²) in [6, 6.07) is 0.483. The first-order valence-electron chi connectivity index (χ1n) is 8.78. The molecule has 3 atom stereocenters. The van der Waals surface area contributed by atoms with Crippen molar-refractivity contribution < 1.29 is 9.90 Å². The van der Waals surface area contributed by atoms with Crippen LogP contribution in [0, 0.1) is 11.3 Å². The van der Waals surface area contributed by atoms with Gasteiger partial charge in [0.2, 0.25) is 0 Å². The number of likely N-dealkylation sites (N-methyl/N-ethyl adjacent to an activating group) is 1. The minimum atomic E-state index is -0.531. The maximum absolute atomic E-state index is 11.8. The molecule has 21 heavy (non-hydrogen) atoms. The van der Waals surface area contributed by atoms with E-state index in [1.165, 1.54) is 32.4 Å². The van der Waals surface area contributed by atoms with E-state index in [2.05, 4.69) is 16.8 Å². The van der Waals surface area contributed by atoms with Crippen LogP contribution < -0.4 is 0 Å². The number of carbonyl (C=O) groups is 1. The third kappa shape index (κ3) is 2.98. The smallest absolute Gasteiger partial charge is 0.309 e. The standard InChI is InChI=1S/C17H30N2O2/c1-18(10-11-19-8-3-2-4-9-19)15-12-14-6-5-7-17(14,13-15)16(20)21/h14-15H,2-13H2,1H3,(H,20,21). The van der Waals surface area contributed by atoms with E-state index in [1.807, 2.05) is 0 Å². The highest BCUT2D eigenvalue weighted by Crippen LogP contribution is 2.55. The van der Waals surface area contributed by atoms with Crippen LogP contribution in [0.1, 0.15) is 51.4 Å². The summed E-state index contributed by atoms with van der Waals surface area (Å²) in [5, 5.41) is 9.68. The molecule has 0 aromatic heterocycles. The average Bonchev–Trinajstić information content (AvgIpc) is 3.03. The number of aliphatic carboxylic acids is 1. The second-order valence-electron chi connectivity index (χ2n) is 7.53. The largest absolute Gasteiger partial charge is 0.481 e. The summed E-state index contributed by atoms with van der Waals surface area (Å²) in [5.74, 6) is -0.102. The SMILES string of the molecule is CN(CCN1CCCCC1)C1CC2CCCC2(C(=O)O)C1. The van der Waals surface area contributed by atoms with Crippen LogP contribution >= 0.6 is 0 Å². The average molecular weight is 294 g/mol. The number of carboxylic acid groups (broad SMARTS) is 1. The molecule has 1 aliphatic heterocycles. The minimum Gasteiger partial charge on any atom is -0.481 e. The minimum absolute atomic E-state index is 0.385. The van der Waals surface area contributed by atoms with Gasteiger partial charge in [-0.05, 0) is 64.6 Å². The zero-order valence-corrected chi connectivity index (χ0v) is 13.4. The van der Waals surface area contributed by atoms with Gasteiger partial charge in [0.25, 0.3) is 0 Å². The van der Waals surface area contributed by atoms with Crippen LogP contribution in [0.5, 0.6) is 0 Å². The summed E-state index contributed by atoms with van der Waals surface area (Å²) >= 11 is 0. The second-order valence-corrected chi connectivity index (χ2v) is 7.53. The van der Waals surface area contributed by atoms with Gasteiger partial charge in [-0.15, -0.1) is 0 Å². The third-order valence-electron chi connectivity index (χ3n) is 6.38. The third-order valence-corrected chi connectivity index (χ3v) is 6.38. The van der Waals surface area contributed by atoms with Crippen LogP contribution in [0.2, 0.25) is 0 Å². The van der Waals surface area contributed by atoms with Crippen LogP contribution in [-0.4, -0.2) is 60.1 Å². The molecule has 2 aliphatic carbocycles. The van der Waals surface area contributed by atoms with Gasteiger partial charge in [-0.3, -0.25) is 4.79 Å². The Hall–Kier alpha value is -0.610. The summed E-state index contributed by atoms with van der Waals surface area (Å²) in [4.78, 5) is 16.8. The van der Waals surface area contributed by atoms with Crippen molar-refractivity contribution in [2.45, 2.75) is 57.4 Å². The highest BCUT2D eigenvalue weighted by atomic mass is 16.4. The van der Waals surface area contributed by atoms with Crippen molar-refractivity contribution in [2.24, 2.45) is 11.3 Å². The molecular weight excluding hydrogens is 264 g/mol. The van der Waals surface area contributed by atoms with Crippen molar-refractivity contribution in [2.75, 3.05) is 33.2 Å². The first-order chi connectivity index (χ1) is 10.1. The lowest BCUT2D eigenvalue weighted by Crippen LogP contribution is -2.40. The molecule has 4 heteroatoms. The summed E-state index contributed by atoms with van der Waals surface area (Å²) in [5.41, 5.74) is -0.385. The van der Waals surface area contributed by atoms with Crippen LogP contribution in [0.4, 0.5) is 0 Å². The van der Waals surface area contributed by atoms with Crippen LogP contribution in [-0.2, 0) is 4.79 Å². The van der Waals surface area contributed by atoms with Gasteiger partial charge in [0.15, 0.2) is 0 Å². The summed E-state index contributed by atoms with van der Waals surface area (Å²) in [6.07, 6.45) is 9.20. The zero-order chi connectivity index (χ0) is 14.9. The lowest BCUT2D eigenvalue weighted by atomic mass is 9.80. The zero-order valence-electron chi connectivity index (χ0n) is 13.4. The second kappa shape index (κ2) is 6.25. The number of rotatable bonds is 5. The van der Waals surface area contributed by atoms with Gasteiger partial charge in [-0.1, -0.05) is 12.8 Å². The Labute approximate surface area is 128 Å². The summed E-state index contributed by atoms with van der Waals surface area (Å²) in [7, 11) is 2.20. The molecule has 0 radical (unpaired) electrons. The molecular formula is C17H30N2O2. The Balaban J connectivity index is 1.52. The number of piperidine rings is 1. The topological polar surface area (TPSA) is 43.8 Å². The van der Waals surface area contributed by atoms with E-state index in [9.17, 15) is 9.90 Å². The van der Waals surface area contributed by atoms with Crippen molar-refractivity contribution >= 4 is 5.97 Å². The molecule has 0 aromatic rings. The van der Waals surface area contributed by atoms with Crippen LogP contribution in [0.3, 0.4) is 0 Å². The van der Waals surface area contributed by atoms with Crippen molar-refractivity contribution in [1.29, 1.82) is 0 Å². The highest BCUT2D eigenvalue weighted by Gasteiger charge is 2.55. The summed E-state index contributed by atoms with van der Waals surface area (Å²) < 4.78 is 0. The first-order valence-corrected chi connectivity index (χ1v) is 8.78. The van der Waals surface area contributed by atoms with Crippen molar-refractivity contribution in [1.82, 2.24) is 9.80 Å². The van der Waals surface area contributed by atoms with Gasteiger partial charge in [0.1, 0.15) is 0 Å². The monoisotopic (exact) mass is 294 g/mol. The van der Waals surface area contributed by atoms with E-state index in [1.54, 1.807) is 0 Å². The van der Waals surface area contributed by atoms with E-state index in [0.29, 0.717) is 12.0 Å². The lowest BCUT2D eigenvalue weighted by Gasteiger charge is -2.31. The van der Waals surface area contributed by atoms with Gasteiger partial charge >= 0.3 is 5.97 Å². The van der Waals surface area contributed by atoms with E-state index in [4.69, 9.17) is 0 Å². The maximum Gasteiger partial charge on any atom is 0.309 e. The van der Waals surface area contributed by atoms with E-state index in [-0.39, 0.29) is 5.41 Å². The number of hydrogen-bond acceptors (Lipinski definition) is 3. The van der Waals surface area contributed by atoms with Gasteiger partial charge < -0.3 is 14.9 Å². The molecule has 1 N–H and O–H groups in total. The van der Waals surface area contributed by atoms with Gasteiger partial charge in [-0.2, -0.15) is 0 Å². The quantitative estimate of drug-likeness (QED) is 0.846. The van der Waals surface area contributed by atoms with Gasteiger partial charge in [0, 0.05) is 19.1 Å². The molecule has 1 saturated heterocycles. The lowest BCUT2D eigenvalue weighted by molar-refractivity contribution is -0.150. The Morgan fingerprint density at radius 3 is 2.71 bits per heavy atom. The molecule has 3 aliphatic rings. The molecule has 120 valence electrons. The van der Waals surface area contributed by atoms with E-state index in [0.717, 1.165) is 45.2 Å². The predicted molar refractivity (Wildman–Crippen MR) is 83.4 cm³/mol. The number of hydrogen-bond donors (Lipinski definition) is 1. The Bertz CT molecular complexity index is 381. The summed E-state index contributed by atoms with van der Waals surface area (Å²) in [6.45, 7) is 4.74. The molecule has 0 amide bonds. The Morgan fingerprint density at radius 1 is 1.29 bits per heavy atom. The molecule has 3 fully saturated rings. The molecule has 0 bridgehead atoms. The normalized spacial score (nSPS) is 37.0. The fraction of sp³-hybridized carbons (Fsp3) is 0.941. The fourth-order valence-corrected chi connectivity index (χ4v) is 4.96. The Kier molecular flexibility index (Phi) is 4.55. The van der Waals surface area contributed by atoms with E-state index >= 15 is 0 Å². The number of nitrogens with zero attached hydrogens (tertiary/aromatic N) is 2. The van der Waals surface area contributed by atoms with Crippen LogP contribution in [0.15, 0.2) is 0 Å². The first kappa shape index (κ1) is 15.3. The number of likely N-dealkylation sites (tertiary alicyclic amines) is 1. The van der Waals surface area contributed by atoms with Crippen molar-refractivity contribution in [3.63, 3.8) is 0 Å². The molecule has 3 rings (SSSR count). The Morgan fingerprint density at radius 2 is 2.05 bits per heavy atom. The molecule has 3 unspecified atom stereocenters. The van der Waals surface area contributed by atoms with Gasteiger partial charge in [0.05, 0.1) is 5.41 Å². The predicted octanol–water partition coefficient (Wildman–Crippen LogP) is 2.44. The molecule has 2 saturated carbocycles.